The summed E-state index contributed by atoms with van der Waals surface area (Å²) in [5.41, 5.74) is 1.18. The molecule has 0 saturated heterocycles. The lowest BCUT2D eigenvalue weighted by molar-refractivity contribution is 0.844. The summed E-state index contributed by atoms with van der Waals surface area (Å²) in [5.74, 6) is 0. The summed E-state index contributed by atoms with van der Waals surface area (Å²) in [4.78, 5) is 3.09. The minimum atomic E-state index is 0.831. The topological polar surface area (TPSA) is 27.8 Å². The van der Waals surface area contributed by atoms with Gasteiger partial charge in [0.05, 0.1) is 6.54 Å². The van der Waals surface area contributed by atoms with Gasteiger partial charge in [-0.05, 0) is 24.4 Å². The van der Waals surface area contributed by atoms with Gasteiger partial charge in [0.1, 0.15) is 0 Å². The molecule has 2 nitrogen and oxygen atoms in total. The van der Waals surface area contributed by atoms with Gasteiger partial charge in [-0.15, -0.1) is 0 Å². The minimum absolute atomic E-state index is 0.831. The van der Waals surface area contributed by atoms with Gasteiger partial charge in [-0.1, -0.05) is 26.5 Å². The Balaban J connectivity index is 0.000000671. The van der Waals surface area contributed by atoms with E-state index in [1.54, 1.807) is 6.08 Å². The van der Waals surface area contributed by atoms with Crippen LogP contribution in [0.2, 0.25) is 0 Å². The highest BCUT2D eigenvalue weighted by Gasteiger charge is 1.86. The van der Waals surface area contributed by atoms with Crippen molar-refractivity contribution in [3.63, 3.8) is 0 Å². The van der Waals surface area contributed by atoms with E-state index in [1.807, 2.05) is 44.5 Å². The zero-order chi connectivity index (χ0) is 9.94. The highest BCUT2D eigenvalue weighted by molar-refractivity contribution is 5.04. The number of allylic oxidation sites excluding steroid dienone is 2. The molecular formula is C11H18N2. The van der Waals surface area contributed by atoms with Crippen LogP contribution in [0.3, 0.4) is 0 Å². The smallest absolute Gasteiger partial charge is 0.0545 e. The van der Waals surface area contributed by atoms with Crippen molar-refractivity contribution in [2.24, 2.45) is 0 Å². The maximum Gasteiger partial charge on any atom is 0.0545 e. The predicted molar refractivity (Wildman–Crippen MR) is 58.3 cm³/mol. The average molecular weight is 178 g/mol. The van der Waals surface area contributed by atoms with Crippen molar-refractivity contribution in [3.8, 4) is 0 Å². The van der Waals surface area contributed by atoms with Crippen molar-refractivity contribution >= 4 is 0 Å². The number of H-pyrrole nitrogens is 1. The van der Waals surface area contributed by atoms with Gasteiger partial charge in [0.25, 0.3) is 0 Å². The van der Waals surface area contributed by atoms with Gasteiger partial charge in [0, 0.05) is 11.9 Å². The Bertz CT molecular complexity index is 222. The Labute approximate surface area is 80.4 Å². The molecule has 1 heterocycles. The van der Waals surface area contributed by atoms with Crippen LogP contribution in [0.4, 0.5) is 0 Å². The molecule has 0 aromatic carbocycles. The average Bonchev–Trinajstić information content (AvgIpc) is 2.68. The number of hydrogen-bond acceptors (Lipinski definition) is 1. The Kier molecular flexibility index (Phi) is 7.70. The van der Waals surface area contributed by atoms with E-state index in [1.165, 1.54) is 5.69 Å². The standard InChI is InChI=1S/C9H12N2.C2H6/c1-2-3-6-10-8-9-5-4-7-11-9;1-2/h2-7,10-11H,1,8H2;1-2H3/b6-3-;. The van der Waals surface area contributed by atoms with Crippen LogP contribution in [-0.2, 0) is 6.54 Å². The van der Waals surface area contributed by atoms with Crippen LogP contribution < -0.4 is 5.32 Å². The Morgan fingerprint density at radius 3 is 2.85 bits per heavy atom. The molecule has 0 bridgehead atoms. The van der Waals surface area contributed by atoms with Gasteiger partial charge in [0.2, 0.25) is 0 Å². The Morgan fingerprint density at radius 1 is 1.54 bits per heavy atom. The molecule has 0 saturated carbocycles. The van der Waals surface area contributed by atoms with Crippen LogP contribution in [0.1, 0.15) is 19.5 Å². The minimum Gasteiger partial charge on any atom is -0.385 e. The van der Waals surface area contributed by atoms with E-state index < -0.39 is 0 Å². The fourth-order valence-corrected chi connectivity index (χ4v) is 0.782. The lowest BCUT2D eigenvalue weighted by Crippen LogP contribution is -2.03. The monoisotopic (exact) mass is 178 g/mol. The first kappa shape index (κ1) is 11.6. The van der Waals surface area contributed by atoms with Gasteiger partial charge < -0.3 is 10.3 Å². The first-order valence-electron chi connectivity index (χ1n) is 4.56. The molecule has 72 valence electrons. The van der Waals surface area contributed by atoms with Crippen LogP contribution in [0, 0.1) is 0 Å². The van der Waals surface area contributed by atoms with E-state index in [4.69, 9.17) is 0 Å². The van der Waals surface area contributed by atoms with Gasteiger partial charge >= 0.3 is 0 Å². The second-order valence-electron chi connectivity index (χ2n) is 2.17. The fourth-order valence-electron chi connectivity index (χ4n) is 0.782. The molecule has 1 aromatic heterocycles. The second kappa shape index (κ2) is 8.65. The van der Waals surface area contributed by atoms with E-state index in [0.29, 0.717) is 0 Å². The van der Waals surface area contributed by atoms with Gasteiger partial charge in [0.15, 0.2) is 0 Å². The number of nitrogens with one attached hydrogen (secondary N) is 2. The maximum absolute atomic E-state index is 3.56. The number of hydrogen-bond donors (Lipinski definition) is 2. The second-order valence-corrected chi connectivity index (χ2v) is 2.17. The third-order valence-corrected chi connectivity index (χ3v) is 1.31. The van der Waals surface area contributed by atoms with Crippen molar-refractivity contribution in [2.45, 2.75) is 20.4 Å². The van der Waals surface area contributed by atoms with Crippen molar-refractivity contribution in [3.05, 3.63) is 49.0 Å². The summed E-state index contributed by atoms with van der Waals surface area (Å²) in [6.07, 6.45) is 7.38. The molecule has 0 atom stereocenters. The summed E-state index contributed by atoms with van der Waals surface area (Å²) in [6.45, 7) is 8.39. The predicted octanol–water partition coefficient (Wildman–Crippen LogP) is 2.83. The number of rotatable bonds is 4. The van der Waals surface area contributed by atoms with Crippen LogP contribution in [0.25, 0.3) is 0 Å². The number of aromatic nitrogens is 1. The van der Waals surface area contributed by atoms with E-state index in [2.05, 4.69) is 16.9 Å². The quantitative estimate of drug-likeness (QED) is 0.682. The molecule has 1 rings (SSSR count). The summed E-state index contributed by atoms with van der Waals surface area (Å²) in [6, 6.07) is 4.02. The van der Waals surface area contributed by atoms with E-state index in [-0.39, 0.29) is 0 Å². The molecule has 1 aromatic rings. The molecule has 0 aliphatic rings. The summed E-state index contributed by atoms with van der Waals surface area (Å²) in [7, 11) is 0. The van der Waals surface area contributed by atoms with Gasteiger partial charge in [-0.3, -0.25) is 0 Å². The first-order valence-corrected chi connectivity index (χ1v) is 4.56. The van der Waals surface area contributed by atoms with Crippen molar-refractivity contribution in [1.29, 1.82) is 0 Å². The molecule has 0 unspecified atom stereocenters. The van der Waals surface area contributed by atoms with Gasteiger partial charge in [-0.25, -0.2) is 0 Å². The van der Waals surface area contributed by atoms with E-state index >= 15 is 0 Å². The van der Waals surface area contributed by atoms with Crippen LogP contribution in [-0.4, -0.2) is 4.98 Å². The lowest BCUT2D eigenvalue weighted by atomic mass is 10.4. The molecule has 13 heavy (non-hydrogen) atoms. The molecule has 2 heteroatoms. The van der Waals surface area contributed by atoms with Crippen molar-refractivity contribution in [1.82, 2.24) is 10.3 Å². The van der Waals surface area contributed by atoms with Crippen LogP contribution >= 0.6 is 0 Å². The molecule has 0 aliphatic heterocycles. The maximum atomic E-state index is 3.56. The third-order valence-electron chi connectivity index (χ3n) is 1.31. The van der Waals surface area contributed by atoms with E-state index in [9.17, 15) is 0 Å². The molecule has 0 aliphatic carbocycles. The summed E-state index contributed by atoms with van der Waals surface area (Å²) >= 11 is 0. The normalized spacial score (nSPS) is 9.08. The Morgan fingerprint density at radius 2 is 2.31 bits per heavy atom. The van der Waals surface area contributed by atoms with Crippen molar-refractivity contribution in [2.75, 3.05) is 0 Å². The molecule has 0 radical (unpaired) electrons. The van der Waals surface area contributed by atoms with E-state index in [0.717, 1.165) is 6.54 Å². The first-order chi connectivity index (χ1) is 6.43. The molecular weight excluding hydrogens is 160 g/mol. The zero-order valence-electron chi connectivity index (χ0n) is 8.38. The zero-order valence-corrected chi connectivity index (χ0v) is 8.38. The largest absolute Gasteiger partial charge is 0.385 e. The van der Waals surface area contributed by atoms with Gasteiger partial charge in [-0.2, -0.15) is 0 Å². The van der Waals surface area contributed by atoms with Crippen LogP contribution in [0.5, 0.6) is 0 Å². The molecule has 0 spiro atoms. The highest BCUT2D eigenvalue weighted by Crippen LogP contribution is 1.92. The SMILES string of the molecule is C=C/C=C\NCc1ccc[nH]1.CC. The molecule has 0 amide bonds. The Hall–Kier alpha value is -1.44. The van der Waals surface area contributed by atoms with Crippen molar-refractivity contribution < 1.29 is 0 Å². The van der Waals surface area contributed by atoms with Crippen LogP contribution in [0.15, 0.2) is 43.3 Å². The molecule has 2 N–H and O–H groups in total. The third kappa shape index (κ3) is 5.79. The molecule has 0 fully saturated rings. The summed E-state index contributed by atoms with van der Waals surface area (Å²) in [5, 5.41) is 3.11. The summed E-state index contributed by atoms with van der Waals surface area (Å²) < 4.78 is 0. The lowest BCUT2D eigenvalue weighted by Gasteiger charge is -1.95. The fraction of sp³-hybridized carbons (Fsp3) is 0.273. The number of aromatic amines is 1. The highest BCUT2D eigenvalue weighted by atomic mass is 14.9.